The molecule has 1 heterocycles. The quantitative estimate of drug-likeness (QED) is 0.762. The number of nitrogens with one attached hydrogen (secondary N) is 1. The van der Waals surface area contributed by atoms with Crippen molar-refractivity contribution in [3.8, 4) is 0 Å². The Balaban J connectivity index is 2.14. The molecule has 0 aliphatic rings. The largest absolute Gasteiger partial charge is 0.478 e. The minimum absolute atomic E-state index is 0.293. The van der Waals surface area contributed by atoms with Gasteiger partial charge < -0.3 is 10.4 Å². The number of benzene rings is 1. The summed E-state index contributed by atoms with van der Waals surface area (Å²) >= 11 is 8.54. The molecule has 2 rings (SSSR count). The van der Waals surface area contributed by atoms with E-state index >= 15 is 0 Å². The Kier molecular flexibility index (Phi) is 4.65. The van der Waals surface area contributed by atoms with Crippen molar-refractivity contribution >= 4 is 54.9 Å². The third-order valence-corrected chi connectivity index (χ3v) is 5.89. The number of rotatable bonds is 4. The van der Waals surface area contributed by atoms with Crippen LogP contribution in [-0.4, -0.2) is 11.1 Å². The lowest BCUT2D eigenvalue weighted by atomic mass is 10.1. The van der Waals surface area contributed by atoms with Crippen LogP contribution in [0.1, 0.15) is 20.8 Å². The van der Waals surface area contributed by atoms with Gasteiger partial charge in [0.25, 0.3) is 0 Å². The van der Waals surface area contributed by atoms with Crippen LogP contribution in [-0.2, 0) is 6.54 Å². The Labute approximate surface area is 131 Å². The third kappa shape index (κ3) is 3.58. The van der Waals surface area contributed by atoms with E-state index in [4.69, 9.17) is 5.11 Å². The van der Waals surface area contributed by atoms with Crippen LogP contribution in [0.25, 0.3) is 0 Å². The molecule has 0 bridgehead atoms. The number of halogens is 2. The highest BCUT2D eigenvalue weighted by Crippen LogP contribution is 2.32. The molecule has 0 saturated heterocycles. The number of anilines is 1. The highest BCUT2D eigenvalue weighted by Gasteiger charge is 2.07. The van der Waals surface area contributed by atoms with Crippen molar-refractivity contribution < 1.29 is 9.90 Å². The van der Waals surface area contributed by atoms with E-state index in [0.717, 1.165) is 19.5 Å². The Morgan fingerprint density at radius 2 is 2.11 bits per heavy atom. The summed E-state index contributed by atoms with van der Waals surface area (Å²) in [5.74, 6) is -0.912. The number of aromatic carboxylic acids is 1. The minimum Gasteiger partial charge on any atom is -0.478 e. The predicted molar refractivity (Wildman–Crippen MR) is 85.2 cm³/mol. The standard InChI is InChI=1S/C13H11Br2NO2S/c1-7-2-3-8(13(17)18)4-11(7)16-6-9-5-10(14)12(15)19-9/h2-5,16H,6H2,1H3,(H,17,18). The molecule has 0 atom stereocenters. The smallest absolute Gasteiger partial charge is 0.335 e. The molecule has 2 aromatic rings. The molecule has 19 heavy (non-hydrogen) atoms. The van der Waals surface area contributed by atoms with Gasteiger partial charge in [0.15, 0.2) is 0 Å². The number of carboxylic acid groups (broad SMARTS) is 1. The van der Waals surface area contributed by atoms with Crippen LogP contribution in [0, 0.1) is 6.92 Å². The molecule has 0 spiro atoms. The SMILES string of the molecule is Cc1ccc(C(=O)O)cc1NCc1cc(Br)c(Br)s1. The molecule has 6 heteroatoms. The molecule has 0 radical (unpaired) electrons. The van der Waals surface area contributed by atoms with Gasteiger partial charge in [-0.05, 0) is 62.5 Å². The summed E-state index contributed by atoms with van der Waals surface area (Å²) in [5.41, 5.74) is 2.17. The van der Waals surface area contributed by atoms with Gasteiger partial charge >= 0.3 is 5.97 Å². The van der Waals surface area contributed by atoms with Gasteiger partial charge in [-0.25, -0.2) is 4.79 Å². The number of aryl methyl sites for hydroxylation is 1. The van der Waals surface area contributed by atoms with Crippen LogP contribution < -0.4 is 5.32 Å². The van der Waals surface area contributed by atoms with Gasteiger partial charge in [-0.1, -0.05) is 6.07 Å². The van der Waals surface area contributed by atoms with Crippen molar-refractivity contribution in [3.63, 3.8) is 0 Å². The highest BCUT2D eigenvalue weighted by molar-refractivity contribution is 9.13. The van der Waals surface area contributed by atoms with Gasteiger partial charge in [0.05, 0.1) is 9.35 Å². The van der Waals surface area contributed by atoms with Crippen LogP contribution >= 0.6 is 43.2 Å². The summed E-state index contributed by atoms with van der Waals surface area (Å²) in [6.45, 7) is 2.62. The number of thiophene rings is 1. The van der Waals surface area contributed by atoms with Crippen molar-refractivity contribution in [2.45, 2.75) is 13.5 Å². The van der Waals surface area contributed by atoms with Gasteiger partial charge in [-0.2, -0.15) is 0 Å². The fraction of sp³-hybridized carbons (Fsp3) is 0.154. The molecule has 0 amide bonds. The first-order valence-corrected chi connectivity index (χ1v) is 7.89. The Hall–Kier alpha value is -0.850. The van der Waals surface area contributed by atoms with E-state index in [1.165, 1.54) is 4.88 Å². The van der Waals surface area contributed by atoms with E-state index in [9.17, 15) is 4.79 Å². The molecule has 0 aliphatic carbocycles. The first-order chi connectivity index (χ1) is 8.97. The monoisotopic (exact) mass is 403 g/mol. The summed E-state index contributed by atoms with van der Waals surface area (Å²) in [7, 11) is 0. The average Bonchev–Trinajstić information content (AvgIpc) is 2.67. The summed E-state index contributed by atoms with van der Waals surface area (Å²) in [5, 5.41) is 12.3. The summed E-state index contributed by atoms with van der Waals surface area (Å²) < 4.78 is 2.09. The molecule has 3 nitrogen and oxygen atoms in total. The van der Waals surface area contributed by atoms with E-state index in [1.54, 1.807) is 23.5 Å². The van der Waals surface area contributed by atoms with Gasteiger partial charge in [-0.15, -0.1) is 11.3 Å². The number of carboxylic acids is 1. The fourth-order valence-corrected chi connectivity index (χ4v) is 3.72. The first kappa shape index (κ1) is 14.6. The van der Waals surface area contributed by atoms with E-state index < -0.39 is 5.97 Å². The molecule has 0 saturated carbocycles. The van der Waals surface area contributed by atoms with Gasteiger partial charge in [-0.3, -0.25) is 0 Å². The molecular weight excluding hydrogens is 394 g/mol. The van der Waals surface area contributed by atoms with Gasteiger partial charge in [0.1, 0.15) is 0 Å². The van der Waals surface area contributed by atoms with Gasteiger partial charge in [0, 0.05) is 21.6 Å². The Morgan fingerprint density at radius 3 is 2.68 bits per heavy atom. The maximum atomic E-state index is 10.9. The molecular formula is C13H11Br2NO2S. The molecule has 0 aliphatic heterocycles. The Bertz CT molecular complexity index is 606. The molecule has 1 aromatic heterocycles. The average molecular weight is 405 g/mol. The van der Waals surface area contributed by atoms with Gasteiger partial charge in [0.2, 0.25) is 0 Å². The predicted octanol–water partition coefficient (Wildman–Crippen LogP) is 4.89. The molecule has 1 aromatic carbocycles. The van der Waals surface area contributed by atoms with Crippen LogP contribution in [0.2, 0.25) is 0 Å². The topological polar surface area (TPSA) is 49.3 Å². The summed E-state index contributed by atoms with van der Waals surface area (Å²) in [6.07, 6.45) is 0. The number of hydrogen-bond acceptors (Lipinski definition) is 3. The van der Waals surface area contributed by atoms with Crippen LogP contribution in [0.15, 0.2) is 32.5 Å². The zero-order valence-corrected chi connectivity index (χ0v) is 14.0. The zero-order chi connectivity index (χ0) is 14.0. The van der Waals surface area contributed by atoms with Crippen molar-refractivity contribution in [1.82, 2.24) is 0 Å². The second-order valence-electron chi connectivity index (χ2n) is 4.02. The molecule has 100 valence electrons. The van der Waals surface area contributed by atoms with Crippen LogP contribution in [0.4, 0.5) is 5.69 Å². The lowest BCUT2D eigenvalue weighted by Crippen LogP contribution is -2.02. The summed E-state index contributed by atoms with van der Waals surface area (Å²) in [6, 6.07) is 7.13. The molecule has 0 fully saturated rings. The maximum Gasteiger partial charge on any atom is 0.335 e. The number of carbonyl (C=O) groups is 1. The number of hydrogen-bond donors (Lipinski definition) is 2. The van der Waals surface area contributed by atoms with Crippen molar-refractivity contribution in [2.75, 3.05) is 5.32 Å². The maximum absolute atomic E-state index is 10.9. The minimum atomic E-state index is -0.912. The van der Waals surface area contributed by atoms with Crippen LogP contribution in [0.3, 0.4) is 0 Å². The highest BCUT2D eigenvalue weighted by atomic mass is 79.9. The zero-order valence-electron chi connectivity index (χ0n) is 10.0. The lowest BCUT2D eigenvalue weighted by molar-refractivity contribution is 0.0697. The third-order valence-electron chi connectivity index (χ3n) is 2.63. The van der Waals surface area contributed by atoms with Crippen molar-refractivity contribution in [1.29, 1.82) is 0 Å². The van der Waals surface area contributed by atoms with E-state index in [-0.39, 0.29) is 0 Å². The summed E-state index contributed by atoms with van der Waals surface area (Å²) in [4.78, 5) is 12.1. The fourth-order valence-electron chi connectivity index (χ4n) is 1.61. The normalized spacial score (nSPS) is 10.5. The first-order valence-electron chi connectivity index (χ1n) is 5.49. The molecule has 2 N–H and O–H groups in total. The lowest BCUT2D eigenvalue weighted by Gasteiger charge is -2.09. The van der Waals surface area contributed by atoms with E-state index in [2.05, 4.69) is 37.2 Å². The van der Waals surface area contributed by atoms with Crippen molar-refractivity contribution in [3.05, 3.63) is 48.5 Å². The van der Waals surface area contributed by atoms with Crippen LogP contribution in [0.5, 0.6) is 0 Å². The Morgan fingerprint density at radius 1 is 1.37 bits per heavy atom. The molecule has 0 unspecified atom stereocenters. The van der Waals surface area contributed by atoms with E-state index in [0.29, 0.717) is 12.1 Å². The second-order valence-corrected chi connectivity index (χ2v) is 7.33. The van der Waals surface area contributed by atoms with E-state index in [1.807, 2.05) is 19.1 Å². The second kappa shape index (κ2) is 6.07. The van der Waals surface area contributed by atoms with Crippen molar-refractivity contribution in [2.24, 2.45) is 0 Å².